The molecule has 1 aliphatic heterocycles. The van der Waals surface area contributed by atoms with Crippen molar-refractivity contribution in [3.8, 4) is 0 Å². The van der Waals surface area contributed by atoms with Crippen LogP contribution in [0.25, 0.3) is 0 Å². The minimum atomic E-state index is 0.235. The minimum Gasteiger partial charge on any atom is -0.326 e. The maximum atomic E-state index is 6.48. The Kier molecular flexibility index (Phi) is 6.23. The molecule has 0 spiro atoms. The maximum absolute atomic E-state index is 6.48. The van der Waals surface area contributed by atoms with Crippen molar-refractivity contribution in [3.63, 3.8) is 0 Å². The van der Waals surface area contributed by atoms with Crippen molar-refractivity contribution >= 4 is 11.3 Å². The Hall–Kier alpha value is -0.420. The SMILES string of the molecule is CCC(N)C(c1ccc(C)s1)N1CCC(N(CC)CC)C1. The highest BCUT2D eigenvalue weighted by atomic mass is 32.1. The fourth-order valence-electron chi connectivity index (χ4n) is 3.56. The molecular formula is C17H31N3S. The summed E-state index contributed by atoms with van der Waals surface area (Å²) in [6, 6.07) is 5.85. The molecule has 1 saturated heterocycles. The third-order valence-electron chi connectivity index (χ3n) is 4.85. The number of nitrogens with zero attached hydrogens (tertiary/aromatic N) is 2. The fraction of sp³-hybridized carbons (Fsp3) is 0.765. The van der Waals surface area contributed by atoms with Gasteiger partial charge >= 0.3 is 0 Å². The Labute approximate surface area is 134 Å². The van der Waals surface area contributed by atoms with E-state index >= 15 is 0 Å². The van der Waals surface area contributed by atoms with Crippen LogP contribution < -0.4 is 5.73 Å². The van der Waals surface area contributed by atoms with Gasteiger partial charge in [-0.3, -0.25) is 9.80 Å². The van der Waals surface area contributed by atoms with Gasteiger partial charge in [0.25, 0.3) is 0 Å². The third-order valence-corrected chi connectivity index (χ3v) is 5.92. The van der Waals surface area contributed by atoms with E-state index in [0.29, 0.717) is 12.1 Å². The van der Waals surface area contributed by atoms with Gasteiger partial charge in [0, 0.05) is 34.9 Å². The number of aryl methyl sites for hydroxylation is 1. The normalized spacial score (nSPS) is 22.9. The predicted molar refractivity (Wildman–Crippen MR) is 93.0 cm³/mol. The molecule has 3 nitrogen and oxygen atoms in total. The Morgan fingerprint density at radius 3 is 2.57 bits per heavy atom. The highest BCUT2D eigenvalue weighted by Crippen LogP contribution is 2.33. The zero-order valence-electron chi connectivity index (χ0n) is 14.0. The lowest BCUT2D eigenvalue weighted by Gasteiger charge is -2.33. The van der Waals surface area contributed by atoms with Crippen LogP contribution in [0.4, 0.5) is 0 Å². The Morgan fingerprint density at radius 2 is 2.05 bits per heavy atom. The Morgan fingerprint density at radius 1 is 1.33 bits per heavy atom. The fourth-order valence-corrected chi connectivity index (χ4v) is 4.64. The summed E-state index contributed by atoms with van der Waals surface area (Å²) in [7, 11) is 0. The first-order valence-corrected chi connectivity index (χ1v) is 9.22. The van der Waals surface area contributed by atoms with Gasteiger partial charge in [0.05, 0.1) is 6.04 Å². The molecule has 0 amide bonds. The number of rotatable bonds is 7. The summed E-state index contributed by atoms with van der Waals surface area (Å²) in [5, 5.41) is 0. The van der Waals surface area contributed by atoms with E-state index in [4.69, 9.17) is 5.73 Å². The van der Waals surface area contributed by atoms with Gasteiger partial charge in [0.15, 0.2) is 0 Å². The van der Waals surface area contributed by atoms with Gasteiger partial charge < -0.3 is 5.73 Å². The molecule has 1 fully saturated rings. The van der Waals surface area contributed by atoms with Gasteiger partial charge in [-0.1, -0.05) is 20.8 Å². The lowest BCUT2D eigenvalue weighted by atomic mass is 10.0. The lowest BCUT2D eigenvalue weighted by Crippen LogP contribution is -2.42. The molecule has 1 aromatic rings. The second-order valence-electron chi connectivity index (χ2n) is 6.12. The molecule has 21 heavy (non-hydrogen) atoms. The Bertz CT molecular complexity index is 427. The quantitative estimate of drug-likeness (QED) is 0.839. The van der Waals surface area contributed by atoms with Crippen LogP contribution >= 0.6 is 11.3 Å². The summed E-state index contributed by atoms with van der Waals surface area (Å²) < 4.78 is 0. The van der Waals surface area contributed by atoms with Crippen LogP contribution in [-0.4, -0.2) is 48.1 Å². The highest BCUT2D eigenvalue weighted by Gasteiger charge is 2.34. The largest absolute Gasteiger partial charge is 0.326 e. The van der Waals surface area contributed by atoms with Crippen LogP contribution in [0.15, 0.2) is 12.1 Å². The van der Waals surface area contributed by atoms with E-state index in [1.54, 1.807) is 0 Å². The van der Waals surface area contributed by atoms with Crippen LogP contribution in [0, 0.1) is 6.92 Å². The zero-order valence-corrected chi connectivity index (χ0v) is 14.8. The molecule has 1 aromatic heterocycles. The highest BCUT2D eigenvalue weighted by molar-refractivity contribution is 7.12. The van der Waals surface area contributed by atoms with E-state index in [1.165, 1.54) is 22.7 Å². The second kappa shape index (κ2) is 7.73. The van der Waals surface area contributed by atoms with Crippen LogP contribution in [0.5, 0.6) is 0 Å². The maximum Gasteiger partial charge on any atom is 0.0594 e. The van der Waals surface area contributed by atoms with E-state index < -0.39 is 0 Å². The van der Waals surface area contributed by atoms with Gasteiger partial charge in [-0.25, -0.2) is 0 Å². The smallest absolute Gasteiger partial charge is 0.0594 e. The van der Waals surface area contributed by atoms with Crippen LogP contribution in [0.1, 0.15) is 49.4 Å². The number of hydrogen-bond acceptors (Lipinski definition) is 4. The molecule has 3 unspecified atom stereocenters. The van der Waals surface area contributed by atoms with Gasteiger partial charge in [-0.2, -0.15) is 0 Å². The van der Waals surface area contributed by atoms with Crippen molar-refractivity contribution in [1.29, 1.82) is 0 Å². The number of thiophene rings is 1. The number of nitrogens with two attached hydrogens (primary N) is 1. The van der Waals surface area contributed by atoms with Crippen molar-refractivity contribution in [1.82, 2.24) is 9.80 Å². The standard InChI is InChI=1S/C17H31N3S/c1-5-15(18)17(16-9-8-13(4)21-16)20-11-10-14(12-20)19(6-2)7-3/h8-9,14-15,17H,5-7,10-12,18H2,1-4H3. The minimum absolute atomic E-state index is 0.235. The molecule has 120 valence electrons. The van der Waals surface area contributed by atoms with Crippen LogP contribution in [0.2, 0.25) is 0 Å². The molecule has 0 saturated carbocycles. The molecule has 2 heterocycles. The first kappa shape index (κ1) is 16.9. The molecule has 2 N–H and O–H groups in total. The third kappa shape index (κ3) is 3.86. The summed E-state index contributed by atoms with van der Waals surface area (Å²) in [6.07, 6.45) is 2.31. The summed E-state index contributed by atoms with van der Waals surface area (Å²) in [5.41, 5.74) is 6.48. The van der Waals surface area contributed by atoms with E-state index in [2.05, 4.69) is 49.6 Å². The van der Waals surface area contributed by atoms with E-state index in [-0.39, 0.29) is 6.04 Å². The van der Waals surface area contributed by atoms with Crippen molar-refractivity contribution in [2.75, 3.05) is 26.2 Å². The molecule has 2 rings (SSSR count). The second-order valence-corrected chi connectivity index (χ2v) is 7.44. The summed E-state index contributed by atoms with van der Waals surface area (Å²) in [6.45, 7) is 13.6. The lowest BCUT2D eigenvalue weighted by molar-refractivity contribution is 0.173. The number of likely N-dealkylation sites (N-methyl/N-ethyl adjacent to an activating group) is 1. The van der Waals surface area contributed by atoms with E-state index in [1.807, 2.05) is 11.3 Å². The van der Waals surface area contributed by atoms with Crippen LogP contribution in [-0.2, 0) is 0 Å². The Balaban J connectivity index is 2.12. The summed E-state index contributed by atoms with van der Waals surface area (Å²) >= 11 is 1.91. The van der Waals surface area contributed by atoms with E-state index in [0.717, 1.165) is 26.1 Å². The molecule has 4 heteroatoms. The molecular weight excluding hydrogens is 278 g/mol. The predicted octanol–water partition coefficient (Wildman–Crippen LogP) is 3.25. The van der Waals surface area contributed by atoms with Crippen molar-refractivity contribution in [3.05, 3.63) is 21.9 Å². The topological polar surface area (TPSA) is 32.5 Å². The first-order chi connectivity index (χ1) is 10.1. The molecule has 0 aliphatic carbocycles. The number of hydrogen-bond donors (Lipinski definition) is 1. The van der Waals surface area contributed by atoms with Crippen LogP contribution in [0.3, 0.4) is 0 Å². The average Bonchev–Trinajstić information content (AvgIpc) is 3.11. The van der Waals surface area contributed by atoms with Crippen molar-refractivity contribution in [2.45, 2.75) is 58.7 Å². The average molecular weight is 310 g/mol. The summed E-state index contributed by atoms with van der Waals surface area (Å²) in [4.78, 5) is 8.05. The molecule has 3 atom stereocenters. The van der Waals surface area contributed by atoms with Crippen molar-refractivity contribution in [2.24, 2.45) is 5.73 Å². The summed E-state index contributed by atoms with van der Waals surface area (Å²) in [5.74, 6) is 0. The van der Waals surface area contributed by atoms with Gasteiger partial charge in [0.2, 0.25) is 0 Å². The molecule has 0 bridgehead atoms. The molecule has 1 aliphatic rings. The monoisotopic (exact) mass is 309 g/mol. The number of likely N-dealkylation sites (tertiary alicyclic amines) is 1. The molecule has 0 aromatic carbocycles. The van der Waals surface area contributed by atoms with Crippen molar-refractivity contribution < 1.29 is 0 Å². The zero-order chi connectivity index (χ0) is 15.4. The molecule has 0 radical (unpaired) electrons. The first-order valence-electron chi connectivity index (χ1n) is 8.40. The van der Waals surface area contributed by atoms with Gasteiger partial charge in [-0.05, 0) is 45.0 Å². The van der Waals surface area contributed by atoms with E-state index in [9.17, 15) is 0 Å². The van der Waals surface area contributed by atoms with Gasteiger partial charge in [-0.15, -0.1) is 11.3 Å². The van der Waals surface area contributed by atoms with Gasteiger partial charge in [0.1, 0.15) is 0 Å².